The number of amides is 1. The summed E-state index contributed by atoms with van der Waals surface area (Å²) in [4.78, 5) is 21.3. The van der Waals surface area contributed by atoms with Gasteiger partial charge in [-0.1, -0.05) is 0 Å². The maximum Gasteiger partial charge on any atom is 0.239 e. The maximum atomic E-state index is 12.6. The van der Waals surface area contributed by atoms with E-state index in [1.807, 2.05) is 22.7 Å². The zero-order valence-corrected chi connectivity index (χ0v) is 15.0. The number of piperidine rings is 2. The lowest BCUT2D eigenvalue weighted by molar-refractivity contribution is -0.134. The Labute approximate surface area is 145 Å². The Kier molecular flexibility index (Phi) is 5.56. The van der Waals surface area contributed by atoms with Crippen LogP contribution in [-0.2, 0) is 18.3 Å². The lowest BCUT2D eigenvalue weighted by Crippen LogP contribution is -2.49. The zero-order valence-electron chi connectivity index (χ0n) is 15.0. The van der Waals surface area contributed by atoms with Gasteiger partial charge < -0.3 is 20.1 Å². The molecule has 1 atom stereocenters. The summed E-state index contributed by atoms with van der Waals surface area (Å²) >= 11 is 0. The number of imidazole rings is 1. The van der Waals surface area contributed by atoms with E-state index in [0.29, 0.717) is 6.42 Å². The van der Waals surface area contributed by atoms with Crippen LogP contribution in [0.25, 0.3) is 0 Å². The molecule has 0 radical (unpaired) electrons. The van der Waals surface area contributed by atoms with E-state index in [4.69, 9.17) is 5.73 Å². The fourth-order valence-electron chi connectivity index (χ4n) is 4.21. The fraction of sp³-hybridized carbons (Fsp3) is 0.778. The van der Waals surface area contributed by atoms with Crippen LogP contribution in [0.3, 0.4) is 0 Å². The van der Waals surface area contributed by atoms with Gasteiger partial charge >= 0.3 is 0 Å². The molecular formula is C18H31N5O. The van der Waals surface area contributed by atoms with Gasteiger partial charge in [-0.2, -0.15) is 0 Å². The van der Waals surface area contributed by atoms with Crippen LogP contribution in [0, 0.1) is 11.8 Å². The number of aromatic nitrogens is 2. The molecule has 2 aliphatic heterocycles. The normalized spacial score (nSPS) is 22.7. The van der Waals surface area contributed by atoms with Gasteiger partial charge in [0.25, 0.3) is 0 Å². The molecule has 134 valence electrons. The van der Waals surface area contributed by atoms with Crippen LogP contribution in [0.2, 0.25) is 0 Å². The summed E-state index contributed by atoms with van der Waals surface area (Å²) < 4.78 is 1.89. The van der Waals surface area contributed by atoms with Crippen molar-refractivity contribution in [1.29, 1.82) is 0 Å². The summed E-state index contributed by atoms with van der Waals surface area (Å²) in [5.74, 6) is 1.72. The lowest BCUT2D eigenvalue weighted by Gasteiger charge is -2.40. The minimum Gasteiger partial charge on any atom is -0.341 e. The van der Waals surface area contributed by atoms with Gasteiger partial charge in [0.2, 0.25) is 5.91 Å². The Morgan fingerprint density at radius 3 is 2.29 bits per heavy atom. The Balaban J connectivity index is 1.46. The number of carbonyl (C=O) groups excluding carboxylic acids is 1. The first-order valence-corrected chi connectivity index (χ1v) is 9.22. The summed E-state index contributed by atoms with van der Waals surface area (Å²) in [5, 5.41) is 0. The molecule has 1 aromatic heterocycles. The number of hydrogen-bond acceptors (Lipinski definition) is 4. The van der Waals surface area contributed by atoms with E-state index in [1.165, 1.54) is 25.9 Å². The Morgan fingerprint density at radius 2 is 1.75 bits per heavy atom. The number of likely N-dealkylation sites (tertiary alicyclic amines) is 2. The summed E-state index contributed by atoms with van der Waals surface area (Å²) in [6, 6.07) is -0.472. The first kappa shape index (κ1) is 17.4. The van der Waals surface area contributed by atoms with Crippen LogP contribution >= 0.6 is 0 Å². The highest BCUT2D eigenvalue weighted by Gasteiger charge is 2.31. The second-order valence-electron chi connectivity index (χ2n) is 7.64. The van der Waals surface area contributed by atoms with E-state index >= 15 is 0 Å². The predicted molar refractivity (Wildman–Crippen MR) is 94.4 cm³/mol. The van der Waals surface area contributed by atoms with Gasteiger partial charge in [-0.05, 0) is 57.7 Å². The van der Waals surface area contributed by atoms with E-state index in [0.717, 1.165) is 43.5 Å². The molecule has 24 heavy (non-hydrogen) atoms. The van der Waals surface area contributed by atoms with Crippen molar-refractivity contribution in [3.8, 4) is 0 Å². The zero-order chi connectivity index (χ0) is 17.1. The number of rotatable bonds is 4. The predicted octanol–water partition coefficient (Wildman–Crippen LogP) is 0.870. The minimum atomic E-state index is -0.472. The SMILES string of the molecule is CN1CCC(C2CCN(C(=O)[C@@H](N)Cc3cn(C)cn3)CC2)CC1. The smallest absolute Gasteiger partial charge is 0.239 e. The molecule has 6 heteroatoms. The molecule has 0 spiro atoms. The molecule has 6 nitrogen and oxygen atoms in total. The van der Waals surface area contributed by atoms with Gasteiger partial charge in [-0.25, -0.2) is 4.98 Å². The molecule has 0 unspecified atom stereocenters. The van der Waals surface area contributed by atoms with Crippen molar-refractivity contribution in [1.82, 2.24) is 19.4 Å². The first-order chi connectivity index (χ1) is 11.5. The number of nitrogens with zero attached hydrogens (tertiary/aromatic N) is 4. The van der Waals surface area contributed by atoms with E-state index in [1.54, 1.807) is 6.33 Å². The average molecular weight is 333 g/mol. The van der Waals surface area contributed by atoms with Crippen LogP contribution in [0.1, 0.15) is 31.4 Å². The van der Waals surface area contributed by atoms with Crippen molar-refractivity contribution in [2.45, 2.75) is 38.1 Å². The molecular weight excluding hydrogens is 302 g/mol. The third-order valence-corrected chi connectivity index (χ3v) is 5.79. The van der Waals surface area contributed by atoms with Crippen LogP contribution < -0.4 is 5.73 Å². The molecule has 0 saturated carbocycles. The molecule has 3 rings (SSSR count). The third kappa shape index (κ3) is 4.16. The molecule has 1 aromatic rings. The van der Waals surface area contributed by atoms with Crippen LogP contribution in [0.15, 0.2) is 12.5 Å². The van der Waals surface area contributed by atoms with Crippen molar-refractivity contribution >= 4 is 5.91 Å². The van der Waals surface area contributed by atoms with E-state index in [9.17, 15) is 4.79 Å². The van der Waals surface area contributed by atoms with Gasteiger partial charge in [-0.3, -0.25) is 4.79 Å². The lowest BCUT2D eigenvalue weighted by atomic mass is 9.79. The molecule has 2 fully saturated rings. The molecule has 2 N–H and O–H groups in total. The molecule has 0 bridgehead atoms. The maximum absolute atomic E-state index is 12.6. The monoisotopic (exact) mass is 333 g/mol. The molecule has 2 saturated heterocycles. The van der Waals surface area contributed by atoms with E-state index in [2.05, 4.69) is 16.9 Å². The standard InChI is InChI=1S/C18H31N5O/c1-21-7-3-14(4-8-21)15-5-9-23(10-6-15)18(24)17(19)11-16-12-22(2)13-20-16/h12-15,17H,3-11,19H2,1-2H3/t17-/m0/s1. The number of aryl methyl sites for hydroxylation is 1. The number of nitrogens with two attached hydrogens (primary N) is 1. The summed E-state index contributed by atoms with van der Waals surface area (Å²) in [6.07, 6.45) is 9.10. The number of carbonyl (C=O) groups is 1. The van der Waals surface area contributed by atoms with Crippen LogP contribution in [0.5, 0.6) is 0 Å². The van der Waals surface area contributed by atoms with Crippen molar-refractivity contribution in [2.24, 2.45) is 24.6 Å². The Bertz CT molecular complexity index is 541. The summed E-state index contributed by atoms with van der Waals surface area (Å²) in [7, 11) is 4.14. The molecule has 1 amide bonds. The number of hydrogen-bond donors (Lipinski definition) is 1. The highest BCUT2D eigenvalue weighted by atomic mass is 16.2. The van der Waals surface area contributed by atoms with Gasteiger partial charge in [0.05, 0.1) is 18.1 Å². The molecule has 0 aromatic carbocycles. The highest BCUT2D eigenvalue weighted by Crippen LogP contribution is 2.32. The van der Waals surface area contributed by atoms with Gasteiger partial charge in [0, 0.05) is 32.8 Å². The highest BCUT2D eigenvalue weighted by molar-refractivity contribution is 5.82. The fourth-order valence-corrected chi connectivity index (χ4v) is 4.21. The average Bonchev–Trinajstić information content (AvgIpc) is 3.00. The van der Waals surface area contributed by atoms with Crippen molar-refractivity contribution in [3.05, 3.63) is 18.2 Å². The third-order valence-electron chi connectivity index (χ3n) is 5.79. The van der Waals surface area contributed by atoms with Crippen LogP contribution in [0.4, 0.5) is 0 Å². The second kappa shape index (κ2) is 7.66. The Hall–Kier alpha value is -1.40. The van der Waals surface area contributed by atoms with E-state index < -0.39 is 6.04 Å². The molecule has 2 aliphatic rings. The van der Waals surface area contributed by atoms with Gasteiger partial charge in [0.1, 0.15) is 0 Å². The largest absolute Gasteiger partial charge is 0.341 e. The second-order valence-corrected chi connectivity index (χ2v) is 7.64. The van der Waals surface area contributed by atoms with Crippen molar-refractivity contribution in [2.75, 3.05) is 33.2 Å². The topological polar surface area (TPSA) is 67.4 Å². The van der Waals surface area contributed by atoms with Gasteiger partial charge in [-0.15, -0.1) is 0 Å². The Morgan fingerprint density at radius 1 is 1.17 bits per heavy atom. The minimum absolute atomic E-state index is 0.0856. The van der Waals surface area contributed by atoms with Crippen LogP contribution in [-0.4, -0.2) is 64.5 Å². The van der Waals surface area contributed by atoms with Gasteiger partial charge in [0.15, 0.2) is 0 Å². The first-order valence-electron chi connectivity index (χ1n) is 9.22. The quantitative estimate of drug-likeness (QED) is 0.888. The van der Waals surface area contributed by atoms with E-state index in [-0.39, 0.29) is 5.91 Å². The summed E-state index contributed by atoms with van der Waals surface area (Å²) in [6.45, 7) is 4.18. The molecule has 0 aliphatic carbocycles. The van der Waals surface area contributed by atoms with Crippen molar-refractivity contribution < 1.29 is 4.79 Å². The molecule has 3 heterocycles. The van der Waals surface area contributed by atoms with Crippen molar-refractivity contribution in [3.63, 3.8) is 0 Å². The summed E-state index contributed by atoms with van der Waals surface area (Å²) in [5.41, 5.74) is 7.02.